The fraction of sp³-hybridized carbons (Fsp3) is 0.569. The van der Waals surface area contributed by atoms with Crippen LogP contribution in [0.25, 0.3) is 0 Å². The second-order valence-electron chi connectivity index (χ2n) is 24.4. The quantitative estimate of drug-likeness (QED) is 0.0739. The van der Waals surface area contributed by atoms with E-state index in [-0.39, 0.29) is 74.7 Å². The molecule has 4 N–H and O–H groups in total. The first-order valence-electron chi connectivity index (χ1n) is 27.8. The number of amides is 4. The Labute approximate surface area is 465 Å². The molecule has 6 heterocycles. The van der Waals surface area contributed by atoms with Crippen LogP contribution in [0, 0.1) is 16.7 Å². The summed E-state index contributed by atoms with van der Waals surface area (Å²) in [6.07, 6.45) is 7.52. The lowest BCUT2D eigenvalue weighted by Gasteiger charge is -2.42. The molecule has 2 saturated carbocycles. The van der Waals surface area contributed by atoms with Gasteiger partial charge < -0.3 is 44.9 Å². The Bertz CT molecular complexity index is 3010. The van der Waals surface area contributed by atoms with Crippen molar-refractivity contribution < 1.29 is 43.6 Å². The molecule has 3 aliphatic heterocycles. The van der Waals surface area contributed by atoms with Crippen LogP contribution in [0.1, 0.15) is 140 Å². The molecule has 3 saturated heterocycles. The van der Waals surface area contributed by atoms with Crippen LogP contribution in [-0.2, 0) is 35.9 Å². The smallest absolute Gasteiger partial charge is 0.248 e. The van der Waals surface area contributed by atoms with E-state index in [9.17, 15) is 29.4 Å². The van der Waals surface area contributed by atoms with Gasteiger partial charge in [-0.05, 0) is 97.7 Å². The summed E-state index contributed by atoms with van der Waals surface area (Å²) in [5.74, 6) is 0.822. The molecular formula is C58H74ClN11O9. The molecule has 4 amide bonds. The fourth-order valence-corrected chi connectivity index (χ4v) is 12.2. The molecule has 79 heavy (non-hydrogen) atoms. The van der Waals surface area contributed by atoms with Gasteiger partial charge in [-0.25, -0.2) is 9.36 Å². The maximum Gasteiger partial charge on any atom is 0.248 e. The molecule has 10 atom stereocenters. The van der Waals surface area contributed by atoms with E-state index < -0.39 is 58.5 Å². The number of aliphatic hydroxyl groups is 2. The minimum Gasteiger partial charge on any atom is -0.494 e. The highest BCUT2D eigenvalue weighted by atomic mass is 35.5. The number of hydrogen-bond donors (Lipinski definition) is 4. The molecule has 422 valence electrons. The SMILES string of the molecule is CCOc1ccc(C2(CNC(=O)[C@@H]3C[C@@H](O)CN3C(=O)[C@@H](n3cc(C4CC4)nn3)C(C)(C)C)CCOC(C3CC3c3cn([C@H](C(=O)N4C[C@H](O)C[C@H]4C(=O)NCc4cc(Oc5cccc(Cl)c5)ccn4)C(C)(C)C)nn3)C2)cc1. The first-order valence-corrected chi connectivity index (χ1v) is 28.1. The number of pyridine rings is 1. The molecule has 2 aromatic carbocycles. The predicted molar refractivity (Wildman–Crippen MR) is 291 cm³/mol. The van der Waals surface area contributed by atoms with Gasteiger partial charge in [0.2, 0.25) is 23.6 Å². The van der Waals surface area contributed by atoms with Gasteiger partial charge in [0, 0.05) is 86.0 Å². The van der Waals surface area contributed by atoms with Crippen LogP contribution >= 0.6 is 11.6 Å². The topological polar surface area (TPSA) is 241 Å². The van der Waals surface area contributed by atoms with E-state index in [4.69, 9.17) is 25.8 Å². The lowest BCUT2D eigenvalue weighted by molar-refractivity contribution is -0.144. The number of carbonyl (C=O) groups is 4. The molecule has 0 radical (unpaired) electrons. The van der Waals surface area contributed by atoms with Crippen molar-refractivity contribution in [2.24, 2.45) is 16.7 Å². The van der Waals surface area contributed by atoms with Crippen molar-refractivity contribution in [3.05, 3.63) is 107 Å². The summed E-state index contributed by atoms with van der Waals surface area (Å²) in [7, 11) is 0. The van der Waals surface area contributed by atoms with Crippen molar-refractivity contribution in [3.63, 3.8) is 0 Å². The molecule has 0 bridgehead atoms. The summed E-state index contributed by atoms with van der Waals surface area (Å²) in [6, 6.07) is 15.0. The molecule has 10 rings (SSSR count). The predicted octanol–water partition coefficient (Wildman–Crippen LogP) is 6.44. The van der Waals surface area contributed by atoms with E-state index in [1.807, 2.05) is 73.0 Å². The first-order chi connectivity index (χ1) is 37.7. The number of rotatable bonds is 18. The second-order valence-corrected chi connectivity index (χ2v) is 24.9. The van der Waals surface area contributed by atoms with Gasteiger partial charge in [0.25, 0.3) is 0 Å². The van der Waals surface area contributed by atoms with Gasteiger partial charge in [-0.1, -0.05) is 81.8 Å². The normalized spacial score (nSPS) is 25.9. The highest BCUT2D eigenvalue weighted by molar-refractivity contribution is 6.30. The number of ether oxygens (including phenoxy) is 3. The number of β-amino-alcohol motifs (C(OH)–C–C–N with tert-alkyl or cyclic N) is 2. The molecule has 2 aliphatic carbocycles. The van der Waals surface area contributed by atoms with E-state index >= 15 is 0 Å². The maximum atomic E-state index is 14.8. The molecule has 4 unspecified atom stereocenters. The van der Waals surface area contributed by atoms with Crippen molar-refractivity contribution >= 4 is 35.2 Å². The second kappa shape index (κ2) is 22.6. The van der Waals surface area contributed by atoms with Crippen molar-refractivity contribution in [3.8, 4) is 17.2 Å². The Morgan fingerprint density at radius 2 is 1.39 bits per heavy atom. The van der Waals surface area contributed by atoms with Crippen molar-refractivity contribution in [2.45, 2.75) is 160 Å². The molecule has 20 nitrogen and oxygen atoms in total. The molecule has 0 spiro atoms. The standard InChI is InChI=1S/C58H74ClN11O9/c1-8-77-40-16-14-35(15-17-40)58(33-62-53(74)48-25-39(72)30-68(48)54(75)50(56(2,3)4)69-31-45(63-65-69)34-12-13-34)19-21-78-49(27-58)44-26-43(44)46-32-70(66-64-46)51(57(5,6)7)55(76)67-29-38(71)24-47(67)52(73)61-28-37-23-42(18-20-60-37)79-41-11-9-10-36(59)22-41/h9-11,14-18,20,22-23,31-32,34,38-39,43-44,47-51,71-72H,8,12-13,19,21,24-30,33H2,1-7H3,(H,61,73)(H,62,74)/t38-,39-,43?,44?,47+,48+,49?,50-,51-,58?/m1/s1. The van der Waals surface area contributed by atoms with Crippen LogP contribution in [0.4, 0.5) is 0 Å². The zero-order chi connectivity index (χ0) is 56.0. The number of aliphatic hydroxyl groups excluding tert-OH is 2. The van der Waals surface area contributed by atoms with Crippen LogP contribution in [0.2, 0.25) is 5.02 Å². The van der Waals surface area contributed by atoms with Crippen molar-refractivity contribution in [1.82, 2.24) is 55.4 Å². The van der Waals surface area contributed by atoms with Crippen LogP contribution in [0.3, 0.4) is 0 Å². The molecule has 5 aromatic rings. The summed E-state index contributed by atoms with van der Waals surface area (Å²) < 4.78 is 21.6. The highest BCUT2D eigenvalue weighted by Crippen LogP contribution is 2.54. The minimum atomic E-state index is -0.935. The third-order valence-electron chi connectivity index (χ3n) is 16.3. The Balaban J connectivity index is 0.816. The molecule has 5 fully saturated rings. The van der Waals surface area contributed by atoms with Gasteiger partial charge in [-0.2, -0.15) is 0 Å². The van der Waals surface area contributed by atoms with Crippen LogP contribution in [0.15, 0.2) is 79.3 Å². The van der Waals surface area contributed by atoms with E-state index in [1.165, 1.54) is 9.80 Å². The lowest BCUT2D eigenvalue weighted by Crippen LogP contribution is -2.53. The Morgan fingerprint density at radius 3 is 2.00 bits per heavy atom. The van der Waals surface area contributed by atoms with Gasteiger partial charge in [-0.3, -0.25) is 24.2 Å². The monoisotopic (exact) mass is 1100 g/mol. The van der Waals surface area contributed by atoms with Gasteiger partial charge in [0.05, 0.1) is 48.5 Å². The number of aromatic nitrogens is 7. The largest absolute Gasteiger partial charge is 0.494 e. The average molecular weight is 1100 g/mol. The molecule has 5 aliphatic rings. The molecule has 21 heteroatoms. The summed E-state index contributed by atoms with van der Waals surface area (Å²) in [6.45, 7) is 15.0. The van der Waals surface area contributed by atoms with Crippen molar-refractivity contribution in [2.75, 3.05) is 32.8 Å². The zero-order valence-corrected chi connectivity index (χ0v) is 46.9. The van der Waals surface area contributed by atoms with E-state index in [0.29, 0.717) is 54.2 Å². The van der Waals surface area contributed by atoms with Gasteiger partial charge in [0.1, 0.15) is 41.4 Å². The third-order valence-corrected chi connectivity index (χ3v) is 16.5. The van der Waals surface area contributed by atoms with E-state index in [1.54, 1.807) is 52.0 Å². The van der Waals surface area contributed by atoms with Gasteiger partial charge in [0.15, 0.2) is 0 Å². The Kier molecular flexibility index (Phi) is 16.0. The summed E-state index contributed by atoms with van der Waals surface area (Å²) >= 11 is 6.14. The summed E-state index contributed by atoms with van der Waals surface area (Å²) in [4.78, 5) is 65.1. The fourth-order valence-electron chi connectivity index (χ4n) is 12.0. The minimum absolute atomic E-state index is 0.0176. The number of nitrogens with one attached hydrogen (secondary N) is 2. The highest BCUT2D eigenvalue weighted by Gasteiger charge is 2.53. The van der Waals surface area contributed by atoms with Crippen LogP contribution < -0.4 is 20.1 Å². The third kappa shape index (κ3) is 12.5. The van der Waals surface area contributed by atoms with Crippen LogP contribution in [0.5, 0.6) is 17.2 Å². The summed E-state index contributed by atoms with van der Waals surface area (Å²) in [5.41, 5.74) is 1.35. The lowest BCUT2D eigenvalue weighted by atomic mass is 9.71. The average Bonchev–Trinajstić information content (AvgIpc) is 4.42. The Hall–Kier alpha value is -6.48. The zero-order valence-electron chi connectivity index (χ0n) is 46.1. The van der Waals surface area contributed by atoms with Gasteiger partial charge in [-0.15, -0.1) is 10.2 Å². The van der Waals surface area contributed by atoms with Crippen molar-refractivity contribution in [1.29, 1.82) is 0 Å². The number of halogens is 1. The first kappa shape index (κ1) is 55.8. The maximum absolute atomic E-state index is 14.8. The number of nitrogens with zero attached hydrogens (tertiary/aromatic N) is 9. The van der Waals surface area contributed by atoms with Gasteiger partial charge >= 0.3 is 0 Å². The Morgan fingerprint density at radius 1 is 0.785 bits per heavy atom. The van der Waals surface area contributed by atoms with E-state index in [2.05, 4.69) is 48.4 Å². The molecule has 3 aromatic heterocycles. The number of hydrogen-bond acceptors (Lipinski definition) is 14. The number of benzene rings is 2. The van der Waals surface area contributed by atoms with Crippen LogP contribution in [-0.4, -0.2) is 142 Å². The number of carbonyl (C=O) groups excluding carboxylic acids is 4. The van der Waals surface area contributed by atoms with E-state index in [0.717, 1.165) is 42.0 Å². The molecular weight excluding hydrogens is 1030 g/mol. The number of likely N-dealkylation sites (tertiary alicyclic amines) is 2. The summed E-state index contributed by atoms with van der Waals surface area (Å²) in [5, 5.41) is 46.7.